The van der Waals surface area contributed by atoms with Crippen molar-refractivity contribution in [2.24, 2.45) is 5.73 Å². The number of aliphatic hydroxyl groups excluding tert-OH is 3. The van der Waals surface area contributed by atoms with Gasteiger partial charge in [-0.15, -0.1) is 0 Å². The Morgan fingerprint density at radius 3 is 1.01 bits per heavy atom. The number of aliphatic hydroxyl groups is 3. The van der Waals surface area contributed by atoms with Crippen LogP contribution in [0.25, 0.3) is 56.7 Å². The van der Waals surface area contributed by atoms with Gasteiger partial charge in [0.25, 0.3) is 0 Å². The predicted octanol–water partition coefficient (Wildman–Crippen LogP) is 22.1. The molecular weight excluding hydrogens is 1660 g/mol. The van der Waals surface area contributed by atoms with Crippen LogP contribution in [-0.4, -0.2) is 75.3 Å². The fourth-order valence-electron chi connectivity index (χ4n) is 13.6. The van der Waals surface area contributed by atoms with Crippen LogP contribution < -0.4 is 11.1 Å². The Morgan fingerprint density at radius 1 is 0.363 bits per heavy atom. The number of benzene rings is 12. The summed E-state index contributed by atoms with van der Waals surface area (Å²) < 4.78 is 177. The molecule has 8 N–H and O–H groups in total. The number of nitrogens with two attached hydrogens (primary N) is 1. The standard InChI is InChI=1S/C26H26F3NO3.C23H21F3O.C23H19F3O.C23H17F3O.C3H7NO3.Mn.2O/c1-17-19(8-5-9-22(17)20-6-3-2-4-7-20)11-12-21-14-18(10-13-23(21)26(27,28)29)15-30-24(16-31)25(32)33;3*1-16-18(8-5-9-21(16)19-6-3-2-4-7-19)11-12-20-14-17(15-27)10-13-22(20)23(24,25)26;4-2(1-5)3(6)7;;;/h2-10,13-14,24,30-31H,11-12,15-16H2,1H3,(H,32,33);2-10,13-14,27H,11-12,15H2,1H3;2-10,13-15H,11-12H2,1H3;2-15H,1H3;2,5H,1,4H2,(H,6,7);;;/b;;;12-11+;;;;. The fraction of sp³-hybridized carbons (Fsp3) is 0.204. The fourth-order valence-corrected chi connectivity index (χ4v) is 13.6. The van der Waals surface area contributed by atoms with E-state index in [1.54, 1.807) is 6.08 Å². The number of nitrogens with one attached hydrogen (secondary N) is 1. The topological polar surface area (TPSA) is 242 Å². The van der Waals surface area contributed by atoms with Crippen molar-refractivity contribution in [2.45, 2.75) is 116 Å². The predicted molar refractivity (Wildman–Crippen MR) is 450 cm³/mol. The number of carbonyl (C=O) groups is 4. The minimum atomic E-state index is -4.49. The molecule has 12 rings (SSSR count). The van der Waals surface area contributed by atoms with Crippen LogP contribution >= 0.6 is 0 Å². The Hall–Kier alpha value is -12.3. The van der Waals surface area contributed by atoms with Crippen molar-refractivity contribution >= 4 is 36.7 Å². The number of hydrogen-bond acceptors (Lipinski definition) is 11. The summed E-state index contributed by atoms with van der Waals surface area (Å²) in [6, 6.07) is 75.1. The van der Waals surface area contributed by atoms with Crippen LogP contribution in [0.2, 0.25) is 0 Å². The molecule has 0 bridgehead atoms. The molecule has 124 heavy (non-hydrogen) atoms. The Morgan fingerprint density at radius 2 is 0.677 bits per heavy atom. The summed E-state index contributed by atoms with van der Waals surface area (Å²) >= 11 is -1.44. The number of carbonyl (C=O) groups excluding carboxylic acids is 2. The number of hydrogen-bond donors (Lipinski definition) is 7. The molecule has 0 aromatic heterocycles. The van der Waals surface area contributed by atoms with Crippen molar-refractivity contribution < 1.29 is 120 Å². The Labute approximate surface area is 715 Å². The van der Waals surface area contributed by atoms with Crippen molar-refractivity contribution in [3.63, 3.8) is 0 Å². The Balaban J connectivity index is 0.000000219. The molecular formula is C98H90F12MnN2O11. The molecule has 12 aromatic rings. The minimum absolute atomic E-state index is 0.0309. The zero-order valence-corrected chi connectivity index (χ0v) is 68.8. The number of rotatable bonds is 25. The van der Waals surface area contributed by atoms with E-state index in [4.69, 9.17) is 33.8 Å². The summed E-state index contributed by atoms with van der Waals surface area (Å²) in [5.41, 5.74) is 20.4. The summed E-state index contributed by atoms with van der Waals surface area (Å²) in [6.07, 6.45) is -11.6. The SMILES string of the molecule is Cc1c(/C=C/c2cc(C=O)ccc2C(F)(F)F)cccc1-c1ccccc1.Cc1c(CCc2cc(C=O)ccc2C(F)(F)F)cccc1-c1ccccc1.Cc1c(CCc2cc(CNC(CO)C(=O)O)ccc2C(F)(F)F)cccc1-c1ccccc1.Cc1c(CCc2cc(CO)ccc2C(F)(F)F)cccc1-c1ccccc1.NC(CO)C(=O)O.[O]=[Mn]=[O]. The molecule has 0 amide bonds. The maximum atomic E-state index is 13.6. The summed E-state index contributed by atoms with van der Waals surface area (Å²) in [5.74, 6) is -2.40. The number of aryl methyl sites for hydroxylation is 6. The van der Waals surface area contributed by atoms with Gasteiger partial charge < -0.3 is 31.3 Å². The van der Waals surface area contributed by atoms with E-state index in [1.807, 2.05) is 222 Å². The van der Waals surface area contributed by atoms with Crippen molar-refractivity contribution in [1.82, 2.24) is 5.32 Å². The molecule has 2 atom stereocenters. The number of carboxylic acid groups (broad SMARTS) is 2. The van der Waals surface area contributed by atoms with Crippen LogP contribution in [0, 0.1) is 27.7 Å². The van der Waals surface area contributed by atoms with Crippen molar-refractivity contribution in [1.29, 1.82) is 0 Å². The van der Waals surface area contributed by atoms with Gasteiger partial charge >= 0.3 is 59.1 Å². The van der Waals surface area contributed by atoms with Gasteiger partial charge in [0.1, 0.15) is 24.7 Å². The van der Waals surface area contributed by atoms with E-state index in [0.717, 1.165) is 113 Å². The van der Waals surface area contributed by atoms with Gasteiger partial charge in [-0.05, 0) is 225 Å². The summed E-state index contributed by atoms with van der Waals surface area (Å²) in [6.45, 7) is 6.56. The van der Waals surface area contributed by atoms with E-state index in [2.05, 4.69) is 5.32 Å². The molecule has 0 heterocycles. The van der Waals surface area contributed by atoms with Crippen LogP contribution in [-0.2, 0) is 108 Å². The van der Waals surface area contributed by atoms with E-state index in [1.165, 1.54) is 54.6 Å². The molecule has 0 aliphatic heterocycles. The zero-order chi connectivity index (χ0) is 90.9. The Bertz CT molecular complexity index is 5590. The summed E-state index contributed by atoms with van der Waals surface area (Å²) in [5, 5.41) is 46.0. The number of carboxylic acids is 2. The van der Waals surface area contributed by atoms with Crippen LogP contribution in [0.15, 0.2) is 267 Å². The van der Waals surface area contributed by atoms with Crippen LogP contribution in [0.3, 0.4) is 0 Å². The molecule has 0 saturated carbocycles. The van der Waals surface area contributed by atoms with E-state index in [0.29, 0.717) is 43.0 Å². The van der Waals surface area contributed by atoms with Crippen molar-refractivity contribution in [3.8, 4) is 44.5 Å². The first-order valence-corrected chi connectivity index (χ1v) is 39.6. The van der Waals surface area contributed by atoms with Crippen LogP contribution in [0.4, 0.5) is 52.7 Å². The molecule has 12 aromatic carbocycles. The zero-order valence-electron chi connectivity index (χ0n) is 67.6. The molecule has 2 unspecified atom stereocenters. The average Bonchev–Trinajstić information content (AvgIpc) is 0.816. The monoisotopic (exact) mass is 1750 g/mol. The van der Waals surface area contributed by atoms with Gasteiger partial charge in [0.05, 0.1) is 42.1 Å². The second-order valence-electron chi connectivity index (χ2n) is 28.4. The first-order chi connectivity index (χ1) is 59.0. The molecule has 0 aliphatic carbocycles. The molecule has 13 nitrogen and oxygen atoms in total. The van der Waals surface area contributed by atoms with E-state index >= 15 is 0 Å². The van der Waals surface area contributed by atoms with Gasteiger partial charge in [-0.25, -0.2) is 0 Å². The van der Waals surface area contributed by atoms with Gasteiger partial charge in [-0.1, -0.05) is 243 Å². The molecule has 0 radical (unpaired) electrons. The van der Waals surface area contributed by atoms with Gasteiger partial charge in [-0.3, -0.25) is 24.5 Å². The second kappa shape index (κ2) is 47.4. The number of halogens is 12. The van der Waals surface area contributed by atoms with Crippen molar-refractivity contribution in [3.05, 3.63) is 378 Å². The molecule has 0 aliphatic rings. The van der Waals surface area contributed by atoms with Gasteiger partial charge in [0.2, 0.25) is 0 Å². The number of alkyl halides is 12. The van der Waals surface area contributed by atoms with Crippen molar-refractivity contribution in [2.75, 3.05) is 13.2 Å². The molecule has 0 saturated heterocycles. The molecule has 649 valence electrons. The first kappa shape index (κ1) is 98.8. The number of aliphatic carboxylic acids is 2. The average molecular weight is 1750 g/mol. The molecule has 0 spiro atoms. The first-order valence-electron chi connectivity index (χ1n) is 38.6. The quantitative estimate of drug-likeness (QED) is 0.0122. The molecule has 0 fully saturated rings. The normalized spacial score (nSPS) is 11.7. The van der Waals surface area contributed by atoms with Gasteiger partial charge in [0.15, 0.2) is 0 Å². The second-order valence-corrected chi connectivity index (χ2v) is 28.6. The van der Waals surface area contributed by atoms with E-state index < -0.39 is 99.0 Å². The van der Waals surface area contributed by atoms with Crippen LogP contribution in [0.5, 0.6) is 0 Å². The third-order valence-electron chi connectivity index (χ3n) is 20.3. The van der Waals surface area contributed by atoms with E-state index in [-0.39, 0.29) is 65.8 Å². The third kappa shape index (κ3) is 29.2. The third-order valence-corrected chi connectivity index (χ3v) is 20.3. The van der Waals surface area contributed by atoms with E-state index in [9.17, 15) is 77.0 Å². The summed E-state index contributed by atoms with van der Waals surface area (Å²) in [7, 11) is 0. The van der Waals surface area contributed by atoms with Gasteiger partial charge in [0, 0.05) is 17.7 Å². The number of aldehydes is 2. The van der Waals surface area contributed by atoms with Gasteiger partial charge in [-0.2, -0.15) is 52.7 Å². The maximum absolute atomic E-state index is 13.6. The molecule has 26 heteroatoms. The summed E-state index contributed by atoms with van der Waals surface area (Å²) in [4.78, 5) is 42.6. The Kier molecular flexibility index (Phi) is 37.8. The van der Waals surface area contributed by atoms with Crippen LogP contribution in [0.1, 0.15) is 121 Å².